The van der Waals surface area contributed by atoms with Gasteiger partial charge in [0.15, 0.2) is 0 Å². The predicted octanol–water partition coefficient (Wildman–Crippen LogP) is 5.25. The fourth-order valence-corrected chi connectivity index (χ4v) is 3.74. The van der Waals surface area contributed by atoms with Gasteiger partial charge in [0.2, 0.25) is 0 Å². The van der Waals surface area contributed by atoms with Crippen LogP contribution < -0.4 is 14.8 Å². The highest BCUT2D eigenvalue weighted by atomic mass is 16.5. The van der Waals surface area contributed by atoms with Crippen LogP contribution in [0.15, 0.2) is 71.3 Å². The van der Waals surface area contributed by atoms with Gasteiger partial charge < -0.3 is 19.2 Å². The summed E-state index contributed by atoms with van der Waals surface area (Å²) in [6.45, 7) is 4.04. The average Bonchev–Trinajstić information content (AvgIpc) is 3.24. The van der Waals surface area contributed by atoms with Crippen LogP contribution in [-0.2, 0) is 4.79 Å². The van der Waals surface area contributed by atoms with Crippen LogP contribution in [0.4, 0.5) is 0 Å². The summed E-state index contributed by atoms with van der Waals surface area (Å²) in [6.07, 6.45) is 4.02. The van der Waals surface area contributed by atoms with Gasteiger partial charge in [-0.05, 0) is 49.8 Å². The Labute approximate surface area is 176 Å². The summed E-state index contributed by atoms with van der Waals surface area (Å²) in [5.41, 5.74) is 1.89. The number of amides is 1. The molecule has 1 amide bonds. The lowest BCUT2D eigenvalue weighted by molar-refractivity contribution is -0.116. The fraction of sp³-hybridized carbons (Fsp3) is 0.240. The van der Waals surface area contributed by atoms with Crippen LogP contribution in [0, 0.1) is 0 Å². The van der Waals surface area contributed by atoms with E-state index in [0.29, 0.717) is 17.8 Å². The lowest BCUT2D eigenvalue weighted by Gasteiger charge is -2.38. The summed E-state index contributed by atoms with van der Waals surface area (Å²) in [5, 5.41) is 3.21. The molecule has 1 aliphatic rings. The SMILES string of the molecule is COc1ccc2c(c1)OC(C)(C)CC2NC(=O)/C(=C/c1ccco1)c1ccccc1. The van der Waals surface area contributed by atoms with Crippen molar-refractivity contribution < 1.29 is 18.7 Å². The minimum absolute atomic E-state index is 0.165. The normalized spacial score (nSPS) is 17.6. The van der Waals surface area contributed by atoms with Crippen molar-refractivity contribution in [3.8, 4) is 11.5 Å². The molecule has 1 aromatic heterocycles. The van der Waals surface area contributed by atoms with Crippen molar-refractivity contribution in [1.29, 1.82) is 0 Å². The van der Waals surface area contributed by atoms with Crippen LogP contribution in [-0.4, -0.2) is 18.6 Å². The van der Waals surface area contributed by atoms with E-state index < -0.39 is 5.60 Å². The Balaban J connectivity index is 1.67. The van der Waals surface area contributed by atoms with Crippen molar-refractivity contribution in [3.05, 3.63) is 83.8 Å². The monoisotopic (exact) mass is 403 g/mol. The molecule has 2 heterocycles. The molecule has 1 atom stereocenters. The van der Waals surface area contributed by atoms with Gasteiger partial charge in [-0.15, -0.1) is 0 Å². The van der Waals surface area contributed by atoms with Gasteiger partial charge in [0.05, 0.1) is 25.0 Å². The molecule has 5 heteroatoms. The topological polar surface area (TPSA) is 60.7 Å². The van der Waals surface area contributed by atoms with E-state index in [-0.39, 0.29) is 11.9 Å². The Bertz CT molecular complexity index is 1050. The molecule has 5 nitrogen and oxygen atoms in total. The zero-order chi connectivity index (χ0) is 21.1. The van der Waals surface area contributed by atoms with Crippen molar-refractivity contribution in [2.45, 2.75) is 31.9 Å². The highest BCUT2D eigenvalue weighted by molar-refractivity contribution is 6.24. The van der Waals surface area contributed by atoms with Crippen LogP contribution in [0.2, 0.25) is 0 Å². The first kappa shape index (κ1) is 19.8. The Kier molecular flexibility index (Phi) is 5.36. The second kappa shape index (κ2) is 8.11. The number of hydrogen-bond donors (Lipinski definition) is 1. The number of carbonyl (C=O) groups is 1. The third-order valence-electron chi connectivity index (χ3n) is 5.14. The molecule has 1 N–H and O–H groups in total. The maximum absolute atomic E-state index is 13.4. The van der Waals surface area contributed by atoms with Gasteiger partial charge >= 0.3 is 0 Å². The molecule has 0 aliphatic carbocycles. The van der Waals surface area contributed by atoms with Gasteiger partial charge in [-0.1, -0.05) is 30.3 Å². The highest BCUT2D eigenvalue weighted by Gasteiger charge is 2.35. The summed E-state index contributed by atoms with van der Waals surface area (Å²) in [5.74, 6) is 1.91. The third-order valence-corrected chi connectivity index (χ3v) is 5.14. The van der Waals surface area contributed by atoms with E-state index in [1.54, 1.807) is 25.5 Å². The number of fused-ring (bicyclic) bond motifs is 1. The van der Waals surface area contributed by atoms with Crippen LogP contribution in [0.3, 0.4) is 0 Å². The maximum atomic E-state index is 13.4. The lowest BCUT2D eigenvalue weighted by atomic mass is 9.89. The fourth-order valence-electron chi connectivity index (χ4n) is 3.74. The van der Waals surface area contributed by atoms with E-state index in [0.717, 1.165) is 22.6 Å². The van der Waals surface area contributed by atoms with E-state index in [1.165, 1.54) is 0 Å². The molecule has 1 unspecified atom stereocenters. The van der Waals surface area contributed by atoms with Crippen LogP contribution in [0.5, 0.6) is 11.5 Å². The van der Waals surface area contributed by atoms with E-state index in [9.17, 15) is 4.79 Å². The van der Waals surface area contributed by atoms with Crippen molar-refractivity contribution in [1.82, 2.24) is 5.32 Å². The molecular weight excluding hydrogens is 378 g/mol. The Morgan fingerprint density at radius 2 is 1.93 bits per heavy atom. The molecule has 0 spiro atoms. The second-order valence-electron chi connectivity index (χ2n) is 7.94. The number of furan rings is 1. The third kappa shape index (κ3) is 4.25. The summed E-state index contributed by atoms with van der Waals surface area (Å²) in [4.78, 5) is 13.4. The summed E-state index contributed by atoms with van der Waals surface area (Å²) in [6, 6.07) is 18.7. The summed E-state index contributed by atoms with van der Waals surface area (Å²) >= 11 is 0. The second-order valence-corrected chi connectivity index (χ2v) is 7.94. The minimum atomic E-state index is -0.422. The van der Waals surface area contributed by atoms with Crippen LogP contribution in [0.1, 0.15) is 43.2 Å². The van der Waals surface area contributed by atoms with Gasteiger partial charge in [0.1, 0.15) is 22.9 Å². The largest absolute Gasteiger partial charge is 0.497 e. The van der Waals surface area contributed by atoms with Gasteiger partial charge in [-0.3, -0.25) is 4.79 Å². The van der Waals surface area contributed by atoms with E-state index >= 15 is 0 Å². The van der Waals surface area contributed by atoms with Gasteiger partial charge in [-0.2, -0.15) is 0 Å². The zero-order valence-electron chi connectivity index (χ0n) is 17.3. The molecular formula is C25H25NO4. The van der Waals surface area contributed by atoms with Gasteiger partial charge in [0, 0.05) is 18.1 Å². The first-order valence-corrected chi connectivity index (χ1v) is 9.94. The molecule has 0 fully saturated rings. The Morgan fingerprint density at radius 3 is 2.63 bits per heavy atom. The van der Waals surface area contributed by atoms with Crippen LogP contribution >= 0.6 is 0 Å². The zero-order valence-corrected chi connectivity index (χ0v) is 17.3. The first-order chi connectivity index (χ1) is 14.4. The molecule has 0 saturated carbocycles. The standard InChI is InChI=1S/C25H25NO4/c1-25(2)16-22(20-12-11-18(28-3)15-23(20)30-25)26-24(27)21(14-19-10-7-13-29-19)17-8-5-4-6-9-17/h4-15,22H,16H2,1-3H3,(H,26,27)/b21-14+. The molecule has 30 heavy (non-hydrogen) atoms. The highest BCUT2D eigenvalue weighted by Crippen LogP contribution is 2.41. The summed E-state index contributed by atoms with van der Waals surface area (Å²) in [7, 11) is 1.63. The molecule has 4 rings (SSSR count). The Hall–Kier alpha value is -3.47. The summed E-state index contributed by atoms with van der Waals surface area (Å²) < 4.78 is 16.9. The number of rotatable bonds is 5. The maximum Gasteiger partial charge on any atom is 0.252 e. The van der Waals surface area contributed by atoms with E-state index in [2.05, 4.69) is 5.32 Å². The lowest BCUT2D eigenvalue weighted by Crippen LogP contribution is -2.41. The molecule has 0 bridgehead atoms. The first-order valence-electron chi connectivity index (χ1n) is 9.94. The molecule has 1 aliphatic heterocycles. The van der Waals surface area contributed by atoms with E-state index in [4.69, 9.17) is 13.9 Å². The number of methoxy groups -OCH3 is 1. The molecule has 154 valence electrons. The number of ether oxygens (including phenoxy) is 2. The van der Waals surface area contributed by atoms with Gasteiger partial charge in [-0.25, -0.2) is 0 Å². The smallest absolute Gasteiger partial charge is 0.252 e. The molecule has 2 aromatic carbocycles. The van der Waals surface area contributed by atoms with Crippen molar-refractivity contribution in [2.24, 2.45) is 0 Å². The molecule has 3 aromatic rings. The number of benzene rings is 2. The predicted molar refractivity (Wildman–Crippen MR) is 116 cm³/mol. The average molecular weight is 403 g/mol. The van der Waals surface area contributed by atoms with Crippen molar-refractivity contribution >= 4 is 17.6 Å². The number of carbonyl (C=O) groups excluding carboxylic acids is 1. The molecule has 0 saturated heterocycles. The van der Waals surface area contributed by atoms with Crippen LogP contribution in [0.25, 0.3) is 11.6 Å². The minimum Gasteiger partial charge on any atom is -0.497 e. The van der Waals surface area contributed by atoms with E-state index in [1.807, 2.05) is 68.4 Å². The quantitative estimate of drug-likeness (QED) is 0.591. The van der Waals surface area contributed by atoms with Crippen molar-refractivity contribution in [3.63, 3.8) is 0 Å². The van der Waals surface area contributed by atoms with Crippen molar-refractivity contribution in [2.75, 3.05) is 7.11 Å². The number of hydrogen-bond acceptors (Lipinski definition) is 4. The van der Waals surface area contributed by atoms with Gasteiger partial charge in [0.25, 0.3) is 5.91 Å². The molecule has 0 radical (unpaired) electrons. The number of nitrogens with one attached hydrogen (secondary N) is 1. The Morgan fingerprint density at radius 1 is 1.13 bits per heavy atom.